The van der Waals surface area contributed by atoms with E-state index in [0.29, 0.717) is 39.0 Å². The number of hydrogen-bond acceptors (Lipinski definition) is 6. The highest BCUT2D eigenvalue weighted by molar-refractivity contribution is 7.98. The Morgan fingerprint density at radius 1 is 1.16 bits per heavy atom. The third-order valence-electron chi connectivity index (χ3n) is 5.85. The topological polar surface area (TPSA) is 69.3 Å². The summed E-state index contributed by atoms with van der Waals surface area (Å²) in [6.07, 6.45) is 7.92. The molecule has 4 aromatic rings. The van der Waals surface area contributed by atoms with Crippen molar-refractivity contribution in [3.8, 4) is 0 Å². The molecule has 5 rings (SSSR count). The van der Waals surface area contributed by atoms with E-state index in [-0.39, 0.29) is 11.1 Å². The van der Waals surface area contributed by atoms with E-state index in [2.05, 4.69) is 11.1 Å². The molecule has 0 N–H and O–H groups in total. The van der Waals surface area contributed by atoms with Gasteiger partial charge in [0.15, 0.2) is 10.1 Å². The first-order valence-corrected chi connectivity index (χ1v) is 12.7. The lowest BCUT2D eigenvalue weighted by molar-refractivity contribution is 0.569. The lowest BCUT2D eigenvalue weighted by Crippen LogP contribution is -2.24. The van der Waals surface area contributed by atoms with E-state index in [0.717, 1.165) is 25.0 Å². The lowest BCUT2D eigenvalue weighted by atomic mass is 9.97. The van der Waals surface area contributed by atoms with Gasteiger partial charge in [0.25, 0.3) is 11.1 Å². The number of hydrogen-bond donors (Lipinski definition) is 0. The normalized spacial score (nSPS) is 14.2. The molecule has 1 aliphatic rings. The Balaban J connectivity index is 1.47. The van der Waals surface area contributed by atoms with Crippen LogP contribution in [0, 0.1) is 6.92 Å². The van der Waals surface area contributed by atoms with E-state index >= 15 is 0 Å². The van der Waals surface area contributed by atoms with Crippen LogP contribution < -0.4 is 11.1 Å². The van der Waals surface area contributed by atoms with Crippen molar-refractivity contribution < 1.29 is 0 Å². The van der Waals surface area contributed by atoms with Crippen molar-refractivity contribution in [3.63, 3.8) is 0 Å². The van der Waals surface area contributed by atoms with Gasteiger partial charge in [-0.05, 0) is 51.2 Å². The summed E-state index contributed by atoms with van der Waals surface area (Å²) in [6.45, 7) is 2.52. The van der Waals surface area contributed by atoms with E-state index < -0.39 is 0 Å². The molecule has 32 heavy (non-hydrogen) atoms. The minimum absolute atomic E-state index is 0.00753. The standard InChI is InChI=1S/C24H24N4O2S2/c1-16-14-31-24-25-18(13-21(29)28(16)24)15-32-23-26-20-10-6-5-9-19(20)22(30)27(23)12-11-17-7-3-2-4-8-17/h5-7,9-10,13-14H,2-4,8,11-12,15H2,1H3. The molecule has 1 aliphatic carbocycles. The fourth-order valence-corrected chi connectivity index (χ4v) is 5.96. The molecule has 0 spiro atoms. The van der Waals surface area contributed by atoms with Gasteiger partial charge < -0.3 is 0 Å². The number of nitrogens with zero attached hydrogens (tertiary/aromatic N) is 4. The molecule has 0 radical (unpaired) electrons. The SMILES string of the molecule is Cc1csc2nc(CSc3nc4ccccc4c(=O)n3CCC3=CCCCC3)cc(=O)n12. The summed E-state index contributed by atoms with van der Waals surface area (Å²) in [4.78, 5) is 35.9. The van der Waals surface area contributed by atoms with Crippen LogP contribution >= 0.6 is 23.1 Å². The number of thioether (sulfide) groups is 1. The first-order valence-electron chi connectivity index (χ1n) is 10.9. The van der Waals surface area contributed by atoms with Gasteiger partial charge in [-0.25, -0.2) is 9.97 Å². The van der Waals surface area contributed by atoms with E-state index in [1.165, 1.54) is 41.5 Å². The van der Waals surface area contributed by atoms with Crippen molar-refractivity contribution in [2.75, 3.05) is 0 Å². The monoisotopic (exact) mass is 464 g/mol. The van der Waals surface area contributed by atoms with Gasteiger partial charge in [-0.1, -0.05) is 35.5 Å². The quantitative estimate of drug-likeness (QED) is 0.229. The summed E-state index contributed by atoms with van der Waals surface area (Å²) in [5.74, 6) is 0.482. The number of allylic oxidation sites excluding steroid dienone is 2. The summed E-state index contributed by atoms with van der Waals surface area (Å²) < 4.78 is 3.42. The maximum atomic E-state index is 13.3. The largest absolute Gasteiger partial charge is 0.287 e. The first-order chi connectivity index (χ1) is 15.6. The van der Waals surface area contributed by atoms with Gasteiger partial charge >= 0.3 is 0 Å². The molecule has 0 unspecified atom stereocenters. The highest BCUT2D eigenvalue weighted by atomic mass is 32.2. The molecule has 3 heterocycles. The van der Waals surface area contributed by atoms with Crippen LogP contribution in [-0.2, 0) is 12.3 Å². The Hall–Kier alpha value is -2.71. The predicted octanol–water partition coefficient (Wildman–Crippen LogP) is 4.96. The number of para-hydroxylation sites is 1. The predicted molar refractivity (Wildman–Crippen MR) is 131 cm³/mol. The van der Waals surface area contributed by atoms with Gasteiger partial charge in [0.2, 0.25) is 0 Å². The molecule has 0 atom stereocenters. The number of aryl methyl sites for hydroxylation is 1. The van der Waals surface area contributed by atoms with Gasteiger partial charge in [-0.3, -0.25) is 18.6 Å². The Bertz CT molecular complexity index is 1450. The van der Waals surface area contributed by atoms with Crippen molar-refractivity contribution in [2.24, 2.45) is 0 Å². The number of aromatic nitrogens is 4. The molecule has 6 nitrogen and oxygen atoms in total. The van der Waals surface area contributed by atoms with E-state index in [1.54, 1.807) is 15.0 Å². The van der Waals surface area contributed by atoms with Crippen LogP contribution in [-0.4, -0.2) is 18.9 Å². The third kappa shape index (κ3) is 4.17. The van der Waals surface area contributed by atoms with Crippen LogP contribution in [0.2, 0.25) is 0 Å². The molecule has 0 fully saturated rings. The Labute approximate surface area is 193 Å². The summed E-state index contributed by atoms with van der Waals surface area (Å²) >= 11 is 2.93. The van der Waals surface area contributed by atoms with Crippen LogP contribution in [0.5, 0.6) is 0 Å². The van der Waals surface area contributed by atoms with Crippen LogP contribution in [0.25, 0.3) is 15.9 Å². The molecule has 8 heteroatoms. The smallest absolute Gasteiger partial charge is 0.262 e. The van der Waals surface area contributed by atoms with Crippen LogP contribution in [0.4, 0.5) is 0 Å². The van der Waals surface area contributed by atoms with Crippen molar-refractivity contribution >= 4 is 39.0 Å². The average molecular weight is 465 g/mol. The minimum atomic E-state index is -0.0718. The molecule has 0 aliphatic heterocycles. The fourth-order valence-electron chi connectivity index (χ4n) is 4.16. The Kier molecular flexibility index (Phi) is 5.97. The molecule has 0 saturated heterocycles. The summed E-state index contributed by atoms with van der Waals surface area (Å²) in [5.41, 5.74) is 3.64. The number of fused-ring (bicyclic) bond motifs is 2. The van der Waals surface area contributed by atoms with Crippen LogP contribution in [0.15, 0.2) is 62.1 Å². The van der Waals surface area contributed by atoms with E-state index in [1.807, 2.05) is 36.6 Å². The van der Waals surface area contributed by atoms with Crippen molar-refractivity contribution in [1.82, 2.24) is 18.9 Å². The summed E-state index contributed by atoms with van der Waals surface area (Å²) in [6, 6.07) is 9.07. The van der Waals surface area contributed by atoms with Gasteiger partial charge in [0.05, 0.1) is 16.6 Å². The highest BCUT2D eigenvalue weighted by Crippen LogP contribution is 2.25. The van der Waals surface area contributed by atoms with Gasteiger partial charge in [0.1, 0.15) is 0 Å². The lowest BCUT2D eigenvalue weighted by Gasteiger charge is -2.16. The maximum Gasteiger partial charge on any atom is 0.262 e. The second-order valence-corrected chi connectivity index (χ2v) is 9.87. The molecule has 1 aromatic carbocycles. The molecule has 0 amide bonds. The molecule has 0 bridgehead atoms. The molecular formula is C24H24N4O2S2. The summed E-state index contributed by atoms with van der Waals surface area (Å²) in [5, 5.41) is 3.25. The zero-order chi connectivity index (χ0) is 22.1. The van der Waals surface area contributed by atoms with Crippen LogP contribution in [0.1, 0.15) is 43.5 Å². The first kappa shape index (κ1) is 21.2. The number of rotatable bonds is 6. The molecule has 164 valence electrons. The Morgan fingerprint density at radius 2 is 2.03 bits per heavy atom. The van der Waals surface area contributed by atoms with Gasteiger partial charge in [-0.15, -0.1) is 11.3 Å². The van der Waals surface area contributed by atoms with Gasteiger partial charge in [0, 0.05) is 29.4 Å². The van der Waals surface area contributed by atoms with Crippen molar-refractivity contribution in [3.05, 3.63) is 79.5 Å². The molecule has 0 saturated carbocycles. The van der Waals surface area contributed by atoms with Gasteiger partial charge in [-0.2, -0.15) is 0 Å². The minimum Gasteiger partial charge on any atom is -0.287 e. The Morgan fingerprint density at radius 3 is 2.88 bits per heavy atom. The second kappa shape index (κ2) is 9.03. The zero-order valence-corrected chi connectivity index (χ0v) is 19.5. The highest BCUT2D eigenvalue weighted by Gasteiger charge is 2.14. The van der Waals surface area contributed by atoms with E-state index in [9.17, 15) is 9.59 Å². The molecular weight excluding hydrogens is 440 g/mol. The fraction of sp³-hybridized carbons (Fsp3) is 0.333. The summed E-state index contributed by atoms with van der Waals surface area (Å²) in [7, 11) is 0. The van der Waals surface area contributed by atoms with Crippen molar-refractivity contribution in [2.45, 2.75) is 56.5 Å². The average Bonchev–Trinajstić information content (AvgIpc) is 3.19. The molecule has 3 aromatic heterocycles. The third-order valence-corrected chi connectivity index (χ3v) is 7.80. The number of benzene rings is 1. The second-order valence-electron chi connectivity index (χ2n) is 8.10. The van der Waals surface area contributed by atoms with Crippen molar-refractivity contribution in [1.29, 1.82) is 0 Å². The zero-order valence-electron chi connectivity index (χ0n) is 17.9. The number of thiazole rings is 1. The maximum absolute atomic E-state index is 13.3. The van der Waals surface area contributed by atoms with Crippen LogP contribution in [0.3, 0.4) is 0 Å². The van der Waals surface area contributed by atoms with E-state index in [4.69, 9.17) is 4.98 Å².